The van der Waals surface area contributed by atoms with E-state index in [1.165, 1.54) is 0 Å². The number of esters is 1. The molecule has 0 atom stereocenters. The molecule has 156 valence electrons. The summed E-state index contributed by atoms with van der Waals surface area (Å²) >= 11 is 8.00. The van der Waals surface area contributed by atoms with Gasteiger partial charge in [0.1, 0.15) is 22.7 Å². The highest BCUT2D eigenvalue weighted by atomic mass is 35.5. The fourth-order valence-corrected chi connectivity index (χ4v) is 4.11. The third kappa shape index (κ3) is 5.20. The number of phenolic OH excluding ortho intramolecular Hbond substituents is 1. The van der Waals surface area contributed by atoms with Crippen LogP contribution in [0.2, 0.25) is 5.02 Å². The van der Waals surface area contributed by atoms with Crippen LogP contribution in [0.3, 0.4) is 0 Å². The van der Waals surface area contributed by atoms with Gasteiger partial charge in [0.2, 0.25) is 0 Å². The average molecular weight is 456 g/mol. The van der Waals surface area contributed by atoms with Crippen LogP contribution in [0.4, 0.5) is 0 Å². The minimum atomic E-state index is -0.508. The molecule has 0 bridgehead atoms. The first-order valence-corrected chi connectivity index (χ1v) is 10.2. The van der Waals surface area contributed by atoms with Gasteiger partial charge in [-0.3, -0.25) is 0 Å². The van der Waals surface area contributed by atoms with Gasteiger partial charge in [0, 0.05) is 17.0 Å². The molecular weight excluding hydrogens is 433 g/mol. The van der Waals surface area contributed by atoms with Crippen molar-refractivity contribution in [2.24, 2.45) is 0 Å². The van der Waals surface area contributed by atoms with E-state index in [1.54, 1.807) is 24.8 Å². The first-order chi connectivity index (χ1) is 13.4. The van der Waals surface area contributed by atoms with Gasteiger partial charge in [-0.05, 0) is 39.2 Å². The number of carbonyl (C=O) groups excluding carboxylic acids is 1. The minimum absolute atomic E-state index is 0. The Morgan fingerprint density at radius 2 is 1.97 bits per heavy atom. The molecule has 0 radical (unpaired) electrons. The van der Waals surface area contributed by atoms with Crippen molar-refractivity contribution in [1.29, 1.82) is 0 Å². The van der Waals surface area contributed by atoms with Crippen LogP contribution >= 0.6 is 35.8 Å². The van der Waals surface area contributed by atoms with Crippen LogP contribution in [0.15, 0.2) is 45.7 Å². The number of furan rings is 1. The first-order valence-electron chi connectivity index (χ1n) is 8.87. The Morgan fingerprint density at radius 3 is 2.59 bits per heavy atom. The number of thioether (sulfide) groups is 1. The average Bonchev–Trinajstić information content (AvgIpc) is 3.03. The summed E-state index contributed by atoms with van der Waals surface area (Å²) in [5.41, 5.74) is 1.37. The molecule has 0 fully saturated rings. The summed E-state index contributed by atoms with van der Waals surface area (Å²) in [7, 11) is 3.79. The smallest absolute Gasteiger partial charge is 0.342 e. The number of carbonyl (C=O) groups is 1. The minimum Gasteiger partial charge on any atom is -0.506 e. The number of benzene rings is 2. The molecule has 3 aromatic rings. The van der Waals surface area contributed by atoms with E-state index >= 15 is 0 Å². The Hall–Kier alpha value is -1.86. The van der Waals surface area contributed by atoms with Gasteiger partial charge in [0.25, 0.3) is 0 Å². The highest BCUT2D eigenvalue weighted by Gasteiger charge is 2.27. The number of hydrogen-bond donors (Lipinski definition) is 1. The van der Waals surface area contributed by atoms with Crippen molar-refractivity contribution >= 4 is 52.7 Å². The molecule has 0 aliphatic rings. The van der Waals surface area contributed by atoms with Crippen LogP contribution in [-0.4, -0.2) is 36.7 Å². The predicted octanol–water partition coefficient (Wildman–Crippen LogP) is 5.74. The van der Waals surface area contributed by atoms with Gasteiger partial charge in [-0.1, -0.05) is 29.8 Å². The molecular formula is C21H23Cl2NO4S. The zero-order valence-electron chi connectivity index (χ0n) is 16.4. The molecule has 1 N–H and O–H groups in total. The number of aromatic hydroxyl groups is 1. The van der Waals surface area contributed by atoms with E-state index in [4.69, 9.17) is 20.8 Å². The maximum atomic E-state index is 12.6. The lowest BCUT2D eigenvalue weighted by Gasteiger charge is -2.12. The molecule has 0 spiro atoms. The zero-order chi connectivity index (χ0) is 20.3. The highest BCUT2D eigenvalue weighted by molar-refractivity contribution is 7.98. The largest absolute Gasteiger partial charge is 0.506 e. The maximum absolute atomic E-state index is 12.6. The lowest BCUT2D eigenvalue weighted by molar-refractivity contribution is 0.0526. The summed E-state index contributed by atoms with van der Waals surface area (Å²) in [4.78, 5) is 15.6. The number of hydrogen-bond acceptors (Lipinski definition) is 6. The standard InChI is InChI=1S/C21H22ClNO4S.ClH/c1-4-26-21(25)18-16(12-28-14-8-6-5-7-9-14)27-15-10-13(11-23(2)3)20(24)19(22)17(15)18;/h5-10,24H,4,11-12H2,1-3H3;1H. The number of ether oxygens (including phenoxy) is 1. The summed E-state index contributed by atoms with van der Waals surface area (Å²) < 4.78 is 11.2. The Balaban J connectivity index is 0.00000300. The molecule has 0 saturated carbocycles. The van der Waals surface area contributed by atoms with Gasteiger partial charge in [0.15, 0.2) is 0 Å². The molecule has 2 aromatic carbocycles. The van der Waals surface area contributed by atoms with Crippen molar-refractivity contribution in [3.05, 3.63) is 58.3 Å². The van der Waals surface area contributed by atoms with Crippen LogP contribution in [-0.2, 0) is 17.0 Å². The summed E-state index contributed by atoms with van der Waals surface area (Å²) in [5.74, 6) is 0.362. The Bertz CT molecular complexity index is 990. The summed E-state index contributed by atoms with van der Waals surface area (Å²) in [5, 5.41) is 11.0. The van der Waals surface area contributed by atoms with Crippen LogP contribution in [0.25, 0.3) is 11.0 Å². The number of halogens is 2. The van der Waals surface area contributed by atoms with Crippen LogP contribution in [0.5, 0.6) is 5.75 Å². The molecule has 0 unspecified atom stereocenters. The van der Waals surface area contributed by atoms with E-state index in [2.05, 4.69) is 0 Å². The molecule has 3 rings (SSSR count). The van der Waals surface area contributed by atoms with Crippen molar-refractivity contribution in [1.82, 2.24) is 4.90 Å². The molecule has 0 saturated heterocycles. The van der Waals surface area contributed by atoms with Gasteiger partial charge in [-0.15, -0.1) is 24.2 Å². The number of fused-ring (bicyclic) bond motifs is 1. The molecule has 1 heterocycles. The maximum Gasteiger partial charge on any atom is 0.342 e. The Kier molecular flexibility index (Phi) is 8.28. The highest BCUT2D eigenvalue weighted by Crippen LogP contribution is 2.42. The normalized spacial score (nSPS) is 10.9. The second kappa shape index (κ2) is 10.3. The number of nitrogens with zero attached hydrogens (tertiary/aromatic N) is 1. The fourth-order valence-electron chi connectivity index (χ4n) is 2.95. The second-order valence-corrected chi connectivity index (χ2v) is 7.96. The monoisotopic (exact) mass is 455 g/mol. The van der Waals surface area contributed by atoms with Gasteiger partial charge in [-0.2, -0.15) is 0 Å². The van der Waals surface area contributed by atoms with Crippen molar-refractivity contribution in [2.45, 2.75) is 24.1 Å². The fraction of sp³-hybridized carbons (Fsp3) is 0.286. The van der Waals surface area contributed by atoms with E-state index in [0.717, 1.165) is 4.90 Å². The van der Waals surface area contributed by atoms with Crippen LogP contribution in [0.1, 0.15) is 28.6 Å². The van der Waals surface area contributed by atoms with Gasteiger partial charge >= 0.3 is 5.97 Å². The SMILES string of the molecule is CCOC(=O)c1c(CSc2ccccc2)oc2cc(CN(C)C)c(O)c(Cl)c12.Cl. The predicted molar refractivity (Wildman–Crippen MR) is 119 cm³/mol. The zero-order valence-corrected chi connectivity index (χ0v) is 18.8. The second-order valence-electron chi connectivity index (χ2n) is 6.53. The van der Waals surface area contributed by atoms with E-state index in [1.807, 2.05) is 49.3 Å². The molecule has 1 aromatic heterocycles. The summed E-state index contributed by atoms with van der Waals surface area (Å²) in [6.45, 7) is 2.47. The van der Waals surface area contributed by atoms with Crippen LogP contribution in [0, 0.1) is 0 Å². The third-order valence-corrected chi connectivity index (χ3v) is 5.50. The first kappa shape index (κ1) is 23.4. The van der Waals surface area contributed by atoms with Gasteiger partial charge < -0.3 is 19.2 Å². The lowest BCUT2D eigenvalue weighted by atomic mass is 10.1. The lowest BCUT2D eigenvalue weighted by Crippen LogP contribution is -2.11. The van der Waals surface area contributed by atoms with Crippen molar-refractivity contribution in [3.8, 4) is 5.75 Å². The van der Waals surface area contributed by atoms with E-state index < -0.39 is 5.97 Å². The molecule has 0 aliphatic carbocycles. The van der Waals surface area contributed by atoms with E-state index in [-0.39, 0.29) is 35.3 Å². The van der Waals surface area contributed by atoms with Crippen molar-refractivity contribution in [3.63, 3.8) is 0 Å². The van der Waals surface area contributed by atoms with Crippen molar-refractivity contribution in [2.75, 3.05) is 20.7 Å². The summed E-state index contributed by atoms with van der Waals surface area (Å²) in [6, 6.07) is 11.6. The van der Waals surface area contributed by atoms with E-state index in [9.17, 15) is 9.90 Å². The molecule has 5 nitrogen and oxygen atoms in total. The van der Waals surface area contributed by atoms with Crippen molar-refractivity contribution < 1.29 is 19.1 Å². The molecule has 0 amide bonds. The Morgan fingerprint density at radius 1 is 1.28 bits per heavy atom. The summed E-state index contributed by atoms with van der Waals surface area (Å²) in [6.07, 6.45) is 0. The Labute approximate surface area is 185 Å². The molecule has 8 heteroatoms. The molecule has 0 aliphatic heterocycles. The third-order valence-electron chi connectivity index (χ3n) is 4.12. The number of rotatable bonds is 7. The van der Waals surface area contributed by atoms with Gasteiger partial charge in [0.05, 0.1) is 22.8 Å². The van der Waals surface area contributed by atoms with Crippen LogP contribution < -0.4 is 0 Å². The van der Waals surface area contributed by atoms with E-state index in [0.29, 0.717) is 34.6 Å². The quantitative estimate of drug-likeness (QED) is 0.361. The van der Waals surface area contributed by atoms with Gasteiger partial charge in [-0.25, -0.2) is 4.79 Å². The molecule has 29 heavy (non-hydrogen) atoms. The topological polar surface area (TPSA) is 62.9 Å². The number of phenols is 1.